The molecule has 0 N–H and O–H groups in total. The Balaban J connectivity index is 1.88. The largest absolute Gasteiger partial charge is 0.494 e. The number of nitrogens with zero attached hydrogens (tertiary/aromatic N) is 2. The topological polar surface area (TPSA) is 42.4 Å². The van der Waals surface area contributed by atoms with E-state index >= 15 is 0 Å². The van der Waals surface area contributed by atoms with E-state index in [1.54, 1.807) is 13.3 Å². The fraction of sp³-hybridized carbons (Fsp3) is 0.444. The van der Waals surface area contributed by atoms with Crippen LogP contribution in [0.5, 0.6) is 5.75 Å². The van der Waals surface area contributed by atoms with Gasteiger partial charge in [-0.1, -0.05) is 13.0 Å². The first-order chi connectivity index (χ1) is 10.7. The highest BCUT2D eigenvalue weighted by Gasteiger charge is 2.21. The Hall–Kier alpha value is -1.94. The Morgan fingerprint density at radius 3 is 3.05 bits per heavy atom. The van der Waals surface area contributed by atoms with Crippen molar-refractivity contribution in [2.24, 2.45) is 5.92 Å². The Labute approximate surface area is 131 Å². The predicted molar refractivity (Wildman–Crippen MR) is 87.5 cm³/mol. The molecule has 2 heterocycles. The number of pyridine rings is 1. The summed E-state index contributed by atoms with van der Waals surface area (Å²) < 4.78 is 5.34. The lowest BCUT2D eigenvalue weighted by molar-refractivity contribution is 0.0894. The van der Waals surface area contributed by atoms with E-state index in [1.807, 2.05) is 24.3 Å². The van der Waals surface area contributed by atoms with Crippen molar-refractivity contribution in [3.05, 3.63) is 36.0 Å². The molecule has 0 bridgehead atoms. The first kappa shape index (κ1) is 15.0. The second kappa shape index (κ2) is 6.44. The van der Waals surface area contributed by atoms with Crippen molar-refractivity contribution in [3.8, 4) is 5.75 Å². The normalized spacial score (nSPS) is 19.3. The Morgan fingerprint density at radius 2 is 2.27 bits per heavy atom. The molecule has 0 radical (unpaired) electrons. The van der Waals surface area contributed by atoms with Gasteiger partial charge >= 0.3 is 0 Å². The number of methoxy groups -OCH3 is 1. The molecule has 4 heteroatoms. The molecule has 0 saturated carbocycles. The molecule has 0 amide bonds. The molecule has 22 heavy (non-hydrogen) atoms. The van der Waals surface area contributed by atoms with Gasteiger partial charge in [0, 0.05) is 23.7 Å². The molecule has 4 nitrogen and oxygen atoms in total. The maximum Gasteiger partial charge on any atom is 0.177 e. The van der Waals surface area contributed by atoms with Crippen LogP contribution in [-0.4, -0.2) is 42.4 Å². The summed E-state index contributed by atoms with van der Waals surface area (Å²) in [5, 5.41) is 0.872. The molecule has 2 aromatic rings. The van der Waals surface area contributed by atoms with Gasteiger partial charge in [-0.3, -0.25) is 14.7 Å². The standard InChI is InChI=1S/C18H22N2O2/c1-13-5-4-10-20(11-13)12-16(21)14-7-8-17(22-2)18-15(14)6-3-9-19-18/h3,6-9,13H,4-5,10-12H2,1-2H3. The number of benzene rings is 1. The van der Waals surface area contributed by atoms with Crippen molar-refractivity contribution in [3.63, 3.8) is 0 Å². The zero-order chi connectivity index (χ0) is 15.5. The van der Waals surface area contributed by atoms with Crippen LogP contribution in [0, 0.1) is 5.92 Å². The summed E-state index contributed by atoms with van der Waals surface area (Å²) in [4.78, 5) is 19.4. The number of hydrogen-bond donors (Lipinski definition) is 0. The third kappa shape index (κ3) is 2.97. The molecule has 1 aromatic carbocycles. The summed E-state index contributed by atoms with van der Waals surface area (Å²) in [6.07, 6.45) is 4.17. The van der Waals surface area contributed by atoms with Crippen molar-refractivity contribution < 1.29 is 9.53 Å². The van der Waals surface area contributed by atoms with Gasteiger partial charge < -0.3 is 4.74 Å². The number of rotatable bonds is 4. The third-order valence-corrected chi connectivity index (χ3v) is 4.36. The van der Waals surface area contributed by atoms with E-state index in [0.29, 0.717) is 18.2 Å². The van der Waals surface area contributed by atoms with Crippen LogP contribution in [0.2, 0.25) is 0 Å². The lowest BCUT2D eigenvalue weighted by Crippen LogP contribution is -2.38. The van der Waals surface area contributed by atoms with Crippen molar-refractivity contribution in [2.45, 2.75) is 19.8 Å². The molecule has 1 fully saturated rings. The summed E-state index contributed by atoms with van der Waals surface area (Å²) >= 11 is 0. The predicted octanol–water partition coefficient (Wildman–Crippen LogP) is 3.16. The molecule has 1 aliphatic rings. The number of carbonyl (C=O) groups is 1. The molecule has 3 rings (SSSR count). The maximum absolute atomic E-state index is 12.7. The highest BCUT2D eigenvalue weighted by molar-refractivity contribution is 6.09. The average molecular weight is 298 g/mol. The first-order valence-corrected chi connectivity index (χ1v) is 7.86. The van der Waals surface area contributed by atoms with E-state index in [0.717, 1.165) is 29.6 Å². The minimum Gasteiger partial charge on any atom is -0.494 e. The Morgan fingerprint density at radius 1 is 1.41 bits per heavy atom. The number of piperidine rings is 1. The molecule has 0 aliphatic carbocycles. The maximum atomic E-state index is 12.7. The molecule has 116 valence electrons. The number of ketones is 1. The molecule has 1 unspecified atom stereocenters. The van der Waals surface area contributed by atoms with E-state index in [-0.39, 0.29) is 5.78 Å². The molecule has 0 spiro atoms. The second-order valence-corrected chi connectivity index (χ2v) is 6.12. The van der Waals surface area contributed by atoms with Gasteiger partial charge in [-0.05, 0) is 43.5 Å². The van der Waals surface area contributed by atoms with Gasteiger partial charge in [0.15, 0.2) is 5.78 Å². The number of aromatic nitrogens is 1. The van der Waals surface area contributed by atoms with E-state index in [1.165, 1.54) is 12.8 Å². The van der Waals surface area contributed by atoms with E-state index in [2.05, 4.69) is 16.8 Å². The number of carbonyl (C=O) groups excluding carboxylic acids is 1. The van der Waals surface area contributed by atoms with E-state index in [9.17, 15) is 4.79 Å². The highest BCUT2D eigenvalue weighted by Crippen LogP contribution is 2.27. The van der Waals surface area contributed by atoms with Crippen LogP contribution in [0.25, 0.3) is 10.9 Å². The summed E-state index contributed by atoms with van der Waals surface area (Å²) in [6.45, 7) is 4.77. The molecular weight excluding hydrogens is 276 g/mol. The summed E-state index contributed by atoms with van der Waals surface area (Å²) in [5.74, 6) is 1.55. The number of ether oxygens (including phenoxy) is 1. The summed E-state index contributed by atoms with van der Waals surface area (Å²) in [6, 6.07) is 7.50. The number of Topliss-reactive ketones (excluding diaryl/α,β-unsaturated/α-hetero) is 1. The number of fused-ring (bicyclic) bond motifs is 1. The monoisotopic (exact) mass is 298 g/mol. The van der Waals surface area contributed by atoms with Gasteiger partial charge in [0.1, 0.15) is 11.3 Å². The Bertz CT molecular complexity index is 684. The van der Waals surface area contributed by atoms with E-state index < -0.39 is 0 Å². The number of likely N-dealkylation sites (tertiary alicyclic amines) is 1. The van der Waals surface area contributed by atoms with Crippen molar-refractivity contribution in [1.82, 2.24) is 9.88 Å². The summed E-state index contributed by atoms with van der Waals surface area (Å²) in [5.41, 5.74) is 1.49. The number of hydrogen-bond acceptors (Lipinski definition) is 4. The molecular formula is C18H22N2O2. The third-order valence-electron chi connectivity index (χ3n) is 4.36. The van der Waals surface area contributed by atoms with Crippen LogP contribution in [0.3, 0.4) is 0 Å². The van der Waals surface area contributed by atoms with Crippen molar-refractivity contribution >= 4 is 16.7 Å². The van der Waals surface area contributed by atoms with Crippen LogP contribution in [0.1, 0.15) is 30.1 Å². The van der Waals surface area contributed by atoms with Gasteiger partial charge in [0.05, 0.1) is 13.7 Å². The lowest BCUT2D eigenvalue weighted by atomic mass is 9.98. The minimum absolute atomic E-state index is 0.162. The Kier molecular flexibility index (Phi) is 4.39. The van der Waals surface area contributed by atoms with E-state index in [4.69, 9.17) is 4.74 Å². The molecule has 1 aromatic heterocycles. The quantitative estimate of drug-likeness (QED) is 0.813. The fourth-order valence-electron chi connectivity index (χ4n) is 3.27. The van der Waals surface area contributed by atoms with Crippen molar-refractivity contribution in [2.75, 3.05) is 26.7 Å². The van der Waals surface area contributed by atoms with Crippen molar-refractivity contribution in [1.29, 1.82) is 0 Å². The fourth-order valence-corrected chi connectivity index (χ4v) is 3.27. The summed E-state index contributed by atoms with van der Waals surface area (Å²) in [7, 11) is 1.63. The average Bonchev–Trinajstić information content (AvgIpc) is 2.53. The van der Waals surface area contributed by atoms with Gasteiger partial charge in [-0.15, -0.1) is 0 Å². The smallest absolute Gasteiger partial charge is 0.177 e. The van der Waals surface area contributed by atoms with Gasteiger partial charge in [-0.2, -0.15) is 0 Å². The minimum atomic E-state index is 0.162. The van der Waals surface area contributed by atoms with Crippen LogP contribution < -0.4 is 4.74 Å². The zero-order valence-corrected chi connectivity index (χ0v) is 13.2. The lowest BCUT2D eigenvalue weighted by Gasteiger charge is -2.30. The highest BCUT2D eigenvalue weighted by atomic mass is 16.5. The van der Waals surface area contributed by atoms with Crippen LogP contribution in [0.4, 0.5) is 0 Å². The second-order valence-electron chi connectivity index (χ2n) is 6.12. The zero-order valence-electron chi connectivity index (χ0n) is 13.2. The molecule has 1 saturated heterocycles. The van der Waals surface area contributed by atoms with Gasteiger partial charge in [-0.25, -0.2) is 0 Å². The van der Waals surface area contributed by atoms with Gasteiger partial charge in [0.2, 0.25) is 0 Å². The SMILES string of the molecule is COc1ccc(C(=O)CN2CCCC(C)C2)c2cccnc12. The molecule has 1 atom stereocenters. The first-order valence-electron chi connectivity index (χ1n) is 7.86. The van der Waals surface area contributed by atoms with Crippen LogP contribution in [-0.2, 0) is 0 Å². The van der Waals surface area contributed by atoms with Crippen LogP contribution in [0.15, 0.2) is 30.5 Å². The van der Waals surface area contributed by atoms with Gasteiger partial charge in [0.25, 0.3) is 0 Å². The molecule has 1 aliphatic heterocycles. The van der Waals surface area contributed by atoms with Crippen LogP contribution >= 0.6 is 0 Å².